The fourth-order valence-electron chi connectivity index (χ4n) is 2.14. The van der Waals surface area contributed by atoms with Crippen LogP contribution in [0, 0.1) is 0 Å². The molecule has 1 heterocycles. The number of aliphatic hydroxyl groups is 1. The van der Waals surface area contributed by atoms with Crippen molar-refractivity contribution < 1.29 is 5.11 Å². The Kier molecular flexibility index (Phi) is 2.99. The third-order valence-corrected chi connectivity index (χ3v) is 3.32. The lowest BCUT2D eigenvalue weighted by Crippen LogP contribution is -2.15. The first-order chi connectivity index (χ1) is 9.54. The summed E-state index contributed by atoms with van der Waals surface area (Å²) in [5.74, 6) is 0.717. The predicted octanol–water partition coefficient (Wildman–Crippen LogP) is 3.52. The van der Waals surface area contributed by atoms with E-state index in [9.17, 15) is 5.11 Å². The van der Waals surface area contributed by atoms with Gasteiger partial charge in [0, 0.05) is 17.1 Å². The molecule has 0 unspecified atom stereocenters. The molecule has 3 nitrogen and oxygen atoms in total. The zero-order valence-corrected chi connectivity index (χ0v) is 11.5. The van der Waals surface area contributed by atoms with Crippen molar-refractivity contribution in [3.05, 3.63) is 60.3 Å². The van der Waals surface area contributed by atoms with Gasteiger partial charge in [0.2, 0.25) is 0 Å². The van der Waals surface area contributed by atoms with Crippen LogP contribution in [0.1, 0.15) is 19.4 Å². The highest BCUT2D eigenvalue weighted by molar-refractivity contribution is 5.80. The number of aromatic nitrogens is 2. The molecular weight excluding hydrogens is 248 g/mol. The Bertz CT molecular complexity index is 746. The Balaban J connectivity index is 2.10. The maximum absolute atomic E-state index is 10.0. The maximum Gasteiger partial charge on any atom is 0.159 e. The lowest BCUT2D eigenvalue weighted by molar-refractivity contribution is 0.0787. The van der Waals surface area contributed by atoms with E-state index in [2.05, 4.69) is 9.97 Å². The molecule has 0 atom stereocenters. The van der Waals surface area contributed by atoms with Crippen LogP contribution < -0.4 is 0 Å². The molecule has 2 aromatic carbocycles. The van der Waals surface area contributed by atoms with Gasteiger partial charge in [0.15, 0.2) is 5.82 Å². The van der Waals surface area contributed by atoms with Crippen LogP contribution in [0.2, 0.25) is 0 Å². The van der Waals surface area contributed by atoms with E-state index in [1.165, 1.54) is 0 Å². The maximum atomic E-state index is 10.0. The van der Waals surface area contributed by atoms with E-state index in [0.29, 0.717) is 5.82 Å². The standard InChI is InChI=1S/C17H16N2O/c1-17(2,20)14-8-9-15-13(10-14)11-18-16(19-15)12-6-4-3-5-7-12/h3-11,20H,1-2H3. The molecule has 100 valence electrons. The lowest BCUT2D eigenvalue weighted by Gasteiger charge is -2.18. The van der Waals surface area contributed by atoms with Crippen LogP contribution >= 0.6 is 0 Å². The molecule has 3 rings (SSSR count). The van der Waals surface area contributed by atoms with Gasteiger partial charge in [0.05, 0.1) is 11.1 Å². The normalized spacial score (nSPS) is 11.8. The Morgan fingerprint density at radius 3 is 2.45 bits per heavy atom. The molecule has 0 amide bonds. The Morgan fingerprint density at radius 2 is 1.75 bits per heavy atom. The Labute approximate surface area is 117 Å². The molecule has 3 aromatic rings. The lowest BCUT2D eigenvalue weighted by atomic mass is 9.97. The van der Waals surface area contributed by atoms with E-state index in [1.807, 2.05) is 48.5 Å². The number of fused-ring (bicyclic) bond motifs is 1. The van der Waals surface area contributed by atoms with Crippen LogP contribution in [0.5, 0.6) is 0 Å². The topological polar surface area (TPSA) is 46.0 Å². The molecule has 0 radical (unpaired) electrons. The quantitative estimate of drug-likeness (QED) is 0.770. The zero-order chi connectivity index (χ0) is 14.2. The fourth-order valence-corrected chi connectivity index (χ4v) is 2.14. The highest BCUT2D eigenvalue weighted by atomic mass is 16.3. The summed E-state index contributed by atoms with van der Waals surface area (Å²) in [6, 6.07) is 15.7. The van der Waals surface area contributed by atoms with E-state index < -0.39 is 5.60 Å². The van der Waals surface area contributed by atoms with Crippen LogP contribution in [0.3, 0.4) is 0 Å². The van der Waals surface area contributed by atoms with Crippen LogP contribution in [0.15, 0.2) is 54.7 Å². The molecule has 20 heavy (non-hydrogen) atoms. The molecule has 1 N–H and O–H groups in total. The third-order valence-electron chi connectivity index (χ3n) is 3.32. The summed E-state index contributed by atoms with van der Waals surface area (Å²) in [6.07, 6.45) is 1.81. The molecule has 1 aromatic heterocycles. The monoisotopic (exact) mass is 264 g/mol. The third kappa shape index (κ3) is 2.40. The number of rotatable bonds is 2. The van der Waals surface area contributed by atoms with Crippen molar-refractivity contribution >= 4 is 10.9 Å². The fraction of sp³-hybridized carbons (Fsp3) is 0.176. The Hall–Kier alpha value is -2.26. The van der Waals surface area contributed by atoms with Gasteiger partial charge in [0.1, 0.15) is 0 Å². The van der Waals surface area contributed by atoms with E-state index in [-0.39, 0.29) is 0 Å². The first-order valence-electron chi connectivity index (χ1n) is 6.59. The van der Waals surface area contributed by atoms with Crippen LogP contribution in [0.25, 0.3) is 22.3 Å². The summed E-state index contributed by atoms with van der Waals surface area (Å²) >= 11 is 0. The van der Waals surface area contributed by atoms with E-state index in [0.717, 1.165) is 22.0 Å². The SMILES string of the molecule is CC(C)(O)c1ccc2nc(-c3ccccc3)ncc2c1. The number of nitrogens with zero attached hydrogens (tertiary/aromatic N) is 2. The van der Waals surface area contributed by atoms with Crippen molar-refractivity contribution in [3.63, 3.8) is 0 Å². The summed E-state index contributed by atoms with van der Waals surface area (Å²) in [6.45, 7) is 3.54. The van der Waals surface area contributed by atoms with Gasteiger partial charge in [-0.3, -0.25) is 0 Å². The second kappa shape index (κ2) is 4.69. The van der Waals surface area contributed by atoms with Crippen molar-refractivity contribution in [1.82, 2.24) is 9.97 Å². The second-order valence-corrected chi connectivity index (χ2v) is 5.39. The van der Waals surface area contributed by atoms with Gasteiger partial charge in [-0.15, -0.1) is 0 Å². The van der Waals surface area contributed by atoms with Gasteiger partial charge in [-0.1, -0.05) is 36.4 Å². The summed E-state index contributed by atoms with van der Waals surface area (Å²) in [4.78, 5) is 8.98. The molecule has 0 bridgehead atoms. The van der Waals surface area contributed by atoms with Gasteiger partial charge < -0.3 is 5.11 Å². The molecule has 0 fully saturated rings. The average Bonchev–Trinajstić information content (AvgIpc) is 2.46. The first-order valence-corrected chi connectivity index (χ1v) is 6.59. The van der Waals surface area contributed by atoms with Crippen molar-refractivity contribution in [2.75, 3.05) is 0 Å². The van der Waals surface area contributed by atoms with Crippen molar-refractivity contribution in [2.45, 2.75) is 19.4 Å². The molecule has 0 spiro atoms. The minimum Gasteiger partial charge on any atom is -0.386 e. The van der Waals surface area contributed by atoms with Gasteiger partial charge in [-0.2, -0.15) is 0 Å². The van der Waals surface area contributed by atoms with Crippen LogP contribution in [-0.4, -0.2) is 15.1 Å². The molecule has 0 saturated heterocycles. The van der Waals surface area contributed by atoms with Crippen LogP contribution in [0.4, 0.5) is 0 Å². The van der Waals surface area contributed by atoms with Crippen molar-refractivity contribution in [3.8, 4) is 11.4 Å². The molecule has 0 aliphatic heterocycles. The smallest absolute Gasteiger partial charge is 0.159 e. The second-order valence-electron chi connectivity index (χ2n) is 5.39. The van der Waals surface area contributed by atoms with Crippen molar-refractivity contribution in [2.24, 2.45) is 0 Å². The number of hydrogen-bond acceptors (Lipinski definition) is 3. The minimum atomic E-state index is -0.855. The molecular formula is C17H16N2O. The van der Waals surface area contributed by atoms with E-state index in [4.69, 9.17) is 0 Å². The zero-order valence-electron chi connectivity index (χ0n) is 11.5. The molecule has 0 aliphatic carbocycles. The van der Waals surface area contributed by atoms with Crippen molar-refractivity contribution in [1.29, 1.82) is 0 Å². The summed E-state index contributed by atoms with van der Waals surface area (Å²) in [7, 11) is 0. The highest BCUT2D eigenvalue weighted by Crippen LogP contribution is 2.24. The molecule has 3 heteroatoms. The van der Waals surface area contributed by atoms with Gasteiger partial charge in [-0.05, 0) is 31.5 Å². The first kappa shape index (κ1) is 12.8. The van der Waals surface area contributed by atoms with Gasteiger partial charge in [-0.25, -0.2) is 9.97 Å². The predicted molar refractivity (Wildman–Crippen MR) is 80.2 cm³/mol. The van der Waals surface area contributed by atoms with Gasteiger partial charge >= 0.3 is 0 Å². The Morgan fingerprint density at radius 1 is 1.00 bits per heavy atom. The van der Waals surface area contributed by atoms with E-state index in [1.54, 1.807) is 20.0 Å². The van der Waals surface area contributed by atoms with Gasteiger partial charge in [0.25, 0.3) is 0 Å². The molecule has 0 aliphatic rings. The summed E-state index contributed by atoms with van der Waals surface area (Å²) in [5, 5.41) is 11.0. The average molecular weight is 264 g/mol. The highest BCUT2D eigenvalue weighted by Gasteiger charge is 2.16. The summed E-state index contributed by atoms with van der Waals surface area (Å²) in [5.41, 5.74) is 1.89. The number of hydrogen-bond donors (Lipinski definition) is 1. The minimum absolute atomic E-state index is 0.717. The van der Waals surface area contributed by atoms with E-state index >= 15 is 0 Å². The summed E-state index contributed by atoms with van der Waals surface area (Å²) < 4.78 is 0. The molecule has 0 saturated carbocycles. The largest absolute Gasteiger partial charge is 0.386 e. The number of benzene rings is 2. The van der Waals surface area contributed by atoms with Crippen LogP contribution in [-0.2, 0) is 5.60 Å².